The van der Waals surface area contributed by atoms with Crippen LogP contribution in [-0.4, -0.2) is 23.3 Å². The third kappa shape index (κ3) is 5.91. The zero-order chi connectivity index (χ0) is 15.1. The van der Waals surface area contributed by atoms with Crippen LogP contribution < -0.4 is 20.6 Å². The predicted octanol–water partition coefficient (Wildman–Crippen LogP) is 0.704. The second-order valence-electron chi connectivity index (χ2n) is 3.66. The normalized spacial score (nSPS) is 10.1. The van der Waals surface area contributed by atoms with E-state index in [0.29, 0.717) is 5.56 Å². The van der Waals surface area contributed by atoms with Gasteiger partial charge in [-0.1, -0.05) is 0 Å². The quantitative estimate of drug-likeness (QED) is 0.277. The van der Waals surface area contributed by atoms with Gasteiger partial charge in [-0.2, -0.15) is 5.10 Å². The van der Waals surface area contributed by atoms with E-state index in [2.05, 4.69) is 22.7 Å². The lowest BCUT2D eigenvalue weighted by Crippen LogP contribution is -2.24. The van der Waals surface area contributed by atoms with Gasteiger partial charge in [0.25, 0.3) is 0 Å². The van der Waals surface area contributed by atoms with Crippen molar-refractivity contribution in [3.05, 3.63) is 23.8 Å². The molecule has 0 aromatic heterocycles. The molecule has 1 aromatic rings. The Morgan fingerprint density at radius 3 is 2.10 bits per heavy atom. The van der Waals surface area contributed by atoms with Crippen molar-refractivity contribution in [2.75, 3.05) is 0 Å². The summed E-state index contributed by atoms with van der Waals surface area (Å²) < 4.78 is 9.88. The fourth-order valence-electron chi connectivity index (χ4n) is 1.29. The summed E-state index contributed by atoms with van der Waals surface area (Å²) in [6.45, 7) is 2.53. The Balaban J connectivity index is 3.02. The lowest BCUT2D eigenvalue weighted by atomic mass is 10.2. The Bertz CT molecular complexity index is 538. The molecule has 0 spiro atoms. The Hall–Kier alpha value is -2.48. The van der Waals surface area contributed by atoms with Gasteiger partial charge in [0.05, 0.1) is 6.21 Å². The van der Waals surface area contributed by atoms with Crippen molar-refractivity contribution in [2.24, 2.45) is 10.8 Å². The highest BCUT2D eigenvalue weighted by atomic mass is 32.1. The number of thiocarbonyl (C=S) groups is 1. The average molecular weight is 295 g/mol. The topological polar surface area (TPSA) is 103 Å². The molecular formula is C12H13N3O4S. The lowest BCUT2D eigenvalue weighted by molar-refractivity contribution is -0.132. The van der Waals surface area contributed by atoms with Gasteiger partial charge in [0, 0.05) is 25.5 Å². The smallest absolute Gasteiger partial charge is 0.308 e. The number of hydrazone groups is 1. The van der Waals surface area contributed by atoms with Gasteiger partial charge in [-0.3, -0.25) is 15.0 Å². The van der Waals surface area contributed by atoms with Gasteiger partial charge in [0.1, 0.15) is 11.5 Å². The molecule has 0 atom stereocenters. The molecule has 0 saturated carbocycles. The van der Waals surface area contributed by atoms with E-state index in [1.807, 2.05) is 0 Å². The first-order valence-electron chi connectivity index (χ1n) is 5.47. The molecule has 0 aliphatic carbocycles. The van der Waals surface area contributed by atoms with Gasteiger partial charge in [-0.25, -0.2) is 0 Å². The van der Waals surface area contributed by atoms with Crippen molar-refractivity contribution in [3.8, 4) is 11.5 Å². The van der Waals surface area contributed by atoms with Crippen molar-refractivity contribution >= 4 is 35.5 Å². The third-order valence-corrected chi connectivity index (χ3v) is 1.91. The zero-order valence-electron chi connectivity index (χ0n) is 10.9. The van der Waals surface area contributed by atoms with Crippen molar-refractivity contribution in [1.82, 2.24) is 5.43 Å². The molecule has 106 valence electrons. The third-order valence-electron chi connectivity index (χ3n) is 1.81. The summed E-state index contributed by atoms with van der Waals surface area (Å²) in [5.74, 6) is -0.524. The number of ether oxygens (including phenoxy) is 2. The number of carbonyl (C=O) groups is 2. The van der Waals surface area contributed by atoms with Crippen molar-refractivity contribution in [3.63, 3.8) is 0 Å². The van der Waals surface area contributed by atoms with Crippen LogP contribution in [0.2, 0.25) is 0 Å². The van der Waals surface area contributed by atoms with Crippen molar-refractivity contribution in [2.45, 2.75) is 13.8 Å². The molecule has 0 heterocycles. The molecule has 3 N–H and O–H groups in total. The highest BCUT2D eigenvalue weighted by Crippen LogP contribution is 2.22. The van der Waals surface area contributed by atoms with Crippen LogP contribution in [0.15, 0.2) is 23.3 Å². The molecule has 0 radical (unpaired) electrons. The van der Waals surface area contributed by atoms with Crippen LogP contribution >= 0.6 is 12.2 Å². The maximum Gasteiger partial charge on any atom is 0.308 e. The van der Waals surface area contributed by atoms with E-state index in [4.69, 9.17) is 15.2 Å². The summed E-state index contributed by atoms with van der Waals surface area (Å²) in [7, 11) is 0. The number of rotatable bonds is 4. The number of hydrogen-bond acceptors (Lipinski definition) is 6. The van der Waals surface area contributed by atoms with Crippen LogP contribution in [0.1, 0.15) is 19.4 Å². The summed E-state index contributed by atoms with van der Waals surface area (Å²) in [5, 5.41) is 3.77. The molecule has 7 nitrogen and oxygen atoms in total. The summed E-state index contributed by atoms with van der Waals surface area (Å²) in [4.78, 5) is 21.9. The van der Waals surface area contributed by atoms with Gasteiger partial charge in [0.15, 0.2) is 5.11 Å². The van der Waals surface area contributed by atoms with E-state index in [-0.39, 0.29) is 16.6 Å². The number of benzene rings is 1. The maximum absolute atomic E-state index is 11.0. The Morgan fingerprint density at radius 1 is 1.20 bits per heavy atom. The van der Waals surface area contributed by atoms with E-state index < -0.39 is 11.9 Å². The summed E-state index contributed by atoms with van der Waals surface area (Å²) in [6.07, 6.45) is 1.39. The first-order valence-corrected chi connectivity index (χ1v) is 5.88. The number of nitrogens with one attached hydrogen (secondary N) is 1. The highest BCUT2D eigenvalue weighted by Gasteiger charge is 2.06. The van der Waals surface area contributed by atoms with Crippen LogP contribution in [-0.2, 0) is 9.59 Å². The molecule has 0 bridgehead atoms. The average Bonchev–Trinajstić information content (AvgIpc) is 2.25. The minimum atomic E-state index is -0.492. The number of carbonyl (C=O) groups excluding carboxylic acids is 2. The molecule has 0 saturated heterocycles. The SMILES string of the molecule is CC(=O)Oc1cc(/C=N\NC(N)=S)cc(OC(C)=O)c1. The summed E-state index contributed by atoms with van der Waals surface area (Å²) >= 11 is 4.59. The van der Waals surface area contributed by atoms with E-state index in [1.54, 1.807) is 12.1 Å². The molecule has 0 fully saturated rings. The Labute approximate surface area is 120 Å². The molecule has 0 aliphatic rings. The van der Waals surface area contributed by atoms with E-state index >= 15 is 0 Å². The predicted molar refractivity (Wildman–Crippen MR) is 76.6 cm³/mol. The fraction of sp³-hybridized carbons (Fsp3) is 0.167. The molecular weight excluding hydrogens is 282 g/mol. The van der Waals surface area contributed by atoms with Gasteiger partial charge in [-0.05, 0) is 24.4 Å². The largest absolute Gasteiger partial charge is 0.427 e. The molecule has 0 amide bonds. The van der Waals surface area contributed by atoms with Crippen LogP contribution in [0.25, 0.3) is 0 Å². The minimum absolute atomic E-state index is 0.0117. The van der Waals surface area contributed by atoms with Crippen molar-refractivity contribution < 1.29 is 19.1 Å². The monoisotopic (exact) mass is 295 g/mol. The van der Waals surface area contributed by atoms with Crippen LogP contribution in [0.4, 0.5) is 0 Å². The van der Waals surface area contributed by atoms with Crippen LogP contribution in [0, 0.1) is 0 Å². The first-order chi connectivity index (χ1) is 9.36. The molecule has 8 heteroatoms. The van der Waals surface area contributed by atoms with Crippen molar-refractivity contribution in [1.29, 1.82) is 0 Å². The number of nitrogens with zero attached hydrogens (tertiary/aromatic N) is 1. The second kappa shape index (κ2) is 7.19. The molecule has 1 aromatic carbocycles. The van der Waals surface area contributed by atoms with Gasteiger partial charge in [0.2, 0.25) is 0 Å². The standard InChI is InChI=1S/C12H13N3O4S/c1-7(16)18-10-3-9(6-14-15-12(13)20)4-11(5-10)19-8(2)17/h3-6H,1-2H3,(H3,13,15,20)/b14-6-. The fourth-order valence-corrected chi connectivity index (χ4v) is 1.34. The molecule has 0 aliphatic heterocycles. The Kier molecular flexibility index (Phi) is 5.60. The van der Waals surface area contributed by atoms with Crippen LogP contribution in [0.3, 0.4) is 0 Å². The van der Waals surface area contributed by atoms with Crippen LogP contribution in [0.5, 0.6) is 11.5 Å². The lowest BCUT2D eigenvalue weighted by Gasteiger charge is -2.07. The number of nitrogens with two attached hydrogens (primary N) is 1. The first kappa shape index (κ1) is 15.6. The number of hydrogen-bond donors (Lipinski definition) is 2. The van der Waals surface area contributed by atoms with Gasteiger partial charge in [-0.15, -0.1) is 0 Å². The van der Waals surface area contributed by atoms with E-state index in [1.165, 1.54) is 26.1 Å². The Morgan fingerprint density at radius 2 is 1.70 bits per heavy atom. The summed E-state index contributed by atoms with van der Waals surface area (Å²) in [6, 6.07) is 4.50. The number of esters is 2. The highest BCUT2D eigenvalue weighted by molar-refractivity contribution is 7.80. The van der Waals surface area contributed by atoms with E-state index in [0.717, 1.165) is 0 Å². The van der Waals surface area contributed by atoms with Gasteiger partial charge >= 0.3 is 11.9 Å². The minimum Gasteiger partial charge on any atom is -0.427 e. The van der Waals surface area contributed by atoms with E-state index in [9.17, 15) is 9.59 Å². The zero-order valence-corrected chi connectivity index (χ0v) is 11.7. The molecule has 1 rings (SSSR count). The summed E-state index contributed by atoms with van der Waals surface area (Å²) in [5.41, 5.74) is 8.12. The molecule has 0 unspecified atom stereocenters. The second-order valence-corrected chi connectivity index (χ2v) is 4.10. The maximum atomic E-state index is 11.0. The van der Waals surface area contributed by atoms with Gasteiger partial charge < -0.3 is 15.2 Å². The molecule has 20 heavy (non-hydrogen) atoms.